The van der Waals surface area contributed by atoms with E-state index in [-0.39, 0.29) is 21.7 Å². The maximum Gasteiger partial charge on any atom is 0.159 e. The molecule has 6 nitrogen and oxygen atoms in total. The van der Waals surface area contributed by atoms with Gasteiger partial charge in [0.2, 0.25) is 0 Å². The monoisotopic (exact) mass is 1120 g/mol. The van der Waals surface area contributed by atoms with Gasteiger partial charge in [-0.2, -0.15) is 0 Å². The van der Waals surface area contributed by atoms with Crippen LogP contribution in [0.5, 0.6) is 0 Å². The Hall–Kier alpha value is -9.26. The van der Waals surface area contributed by atoms with Gasteiger partial charge in [0.05, 0.1) is 11.4 Å². The second-order valence-electron chi connectivity index (χ2n) is 28.2. The van der Waals surface area contributed by atoms with Gasteiger partial charge in [-0.3, -0.25) is 0 Å². The highest BCUT2D eigenvalue weighted by Gasteiger charge is 2.35. The summed E-state index contributed by atoms with van der Waals surface area (Å²) in [6.07, 6.45) is 0. The van der Waals surface area contributed by atoms with Gasteiger partial charge in [-0.25, -0.2) is 0 Å². The van der Waals surface area contributed by atoms with Crippen LogP contribution >= 0.6 is 0 Å². The molecule has 426 valence electrons. The molecule has 0 N–H and O–H groups in total. The minimum atomic E-state index is -0.332. The lowest BCUT2D eigenvalue weighted by Gasteiger charge is -2.27. The Bertz CT molecular complexity index is 4990. The van der Waals surface area contributed by atoms with Crippen LogP contribution in [0.15, 0.2) is 200 Å². The van der Waals surface area contributed by atoms with Gasteiger partial charge in [0.25, 0.3) is 0 Å². The average molecular weight is 1130 g/mol. The van der Waals surface area contributed by atoms with Crippen molar-refractivity contribution in [3.05, 3.63) is 215 Å². The molecule has 11 aromatic carbocycles. The molecule has 15 aromatic rings. The molecule has 0 aliphatic carbocycles. The molecule has 0 bridgehead atoms. The summed E-state index contributed by atoms with van der Waals surface area (Å²) in [5.41, 5.74) is 19.5. The molecule has 4 heterocycles. The minimum Gasteiger partial charge on any atom is -0.456 e. The van der Waals surface area contributed by atoms with Gasteiger partial charge in [0.1, 0.15) is 33.5 Å². The lowest BCUT2D eigenvalue weighted by molar-refractivity contribution is 0.564. The molecule has 86 heavy (non-hydrogen) atoms. The van der Waals surface area contributed by atoms with Gasteiger partial charge in [-0.1, -0.05) is 192 Å². The van der Waals surface area contributed by atoms with Crippen LogP contribution in [0.2, 0.25) is 0 Å². The molecule has 0 aliphatic heterocycles. The van der Waals surface area contributed by atoms with Crippen LogP contribution in [0, 0.1) is 13.8 Å². The van der Waals surface area contributed by atoms with Crippen LogP contribution in [0.25, 0.3) is 109 Å². The predicted molar refractivity (Wildman–Crippen MR) is 364 cm³/mol. The van der Waals surface area contributed by atoms with E-state index in [1.165, 1.54) is 11.1 Å². The number of furan rings is 4. The van der Waals surface area contributed by atoms with E-state index in [2.05, 4.69) is 289 Å². The highest BCUT2D eigenvalue weighted by atomic mass is 16.3. The van der Waals surface area contributed by atoms with Gasteiger partial charge in [-0.15, -0.1) is 0 Å². The summed E-state index contributed by atoms with van der Waals surface area (Å²) in [6.45, 7) is 31.7. The maximum absolute atomic E-state index is 7.41. The molecule has 15 rings (SSSR count). The summed E-state index contributed by atoms with van der Waals surface area (Å²) in [6, 6.07) is 66.3. The number of anilines is 6. The Morgan fingerprint density at radius 3 is 1.01 bits per heavy atom. The number of fused-ring (bicyclic) bond motifs is 14. The molecule has 0 unspecified atom stereocenters. The first kappa shape index (κ1) is 53.5. The van der Waals surface area contributed by atoms with Gasteiger partial charge in [-0.05, 0) is 141 Å². The van der Waals surface area contributed by atoms with Crippen LogP contribution in [-0.4, -0.2) is 0 Å². The number of para-hydroxylation sites is 6. The highest BCUT2D eigenvalue weighted by molar-refractivity contribution is 6.23. The quantitative estimate of drug-likeness (QED) is 0.165. The van der Waals surface area contributed by atoms with Crippen molar-refractivity contribution in [2.45, 2.75) is 119 Å². The smallest absolute Gasteiger partial charge is 0.159 e. The lowest BCUT2D eigenvalue weighted by atomic mass is 9.77. The molecule has 0 saturated heterocycles. The molecule has 0 aliphatic rings. The Labute approximate surface area is 502 Å². The Kier molecular flexibility index (Phi) is 11.6. The lowest BCUT2D eigenvalue weighted by Crippen LogP contribution is -2.16. The number of hydrogen-bond acceptors (Lipinski definition) is 6. The molecular formula is C80H72N2O4. The van der Waals surface area contributed by atoms with Crippen LogP contribution in [0.1, 0.15) is 116 Å². The number of hydrogen-bond donors (Lipinski definition) is 0. The molecule has 0 atom stereocenters. The summed E-state index contributed by atoms with van der Waals surface area (Å²) in [5.74, 6) is 0. The summed E-state index contributed by atoms with van der Waals surface area (Å²) in [5, 5.41) is 13.2. The number of aryl methyl sites for hydroxylation is 2. The fraction of sp³-hybridized carbons (Fsp3) is 0.225. The van der Waals surface area contributed by atoms with E-state index >= 15 is 0 Å². The van der Waals surface area contributed by atoms with Crippen molar-refractivity contribution in [2.75, 3.05) is 9.80 Å². The number of rotatable bonds is 6. The van der Waals surface area contributed by atoms with E-state index in [0.717, 1.165) is 166 Å². The largest absolute Gasteiger partial charge is 0.456 e. The summed E-state index contributed by atoms with van der Waals surface area (Å²) >= 11 is 0. The first-order chi connectivity index (χ1) is 41.0. The van der Waals surface area contributed by atoms with Crippen molar-refractivity contribution in [1.29, 1.82) is 0 Å². The van der Waals surface area contributed by atoms with Gasteiger partial charge >= 0.3 is 0 Å². The van der Waals surface area contributed by atoms with E-state index < -0.39 is 0 Å². The summed E-state index contributed by atoms with van der Waals surface area (Å²) in [7, 11) is 0. The standard InChI is InChI=1S/C80H72N2O4/c1-45-23-15-17-31-61(45)81(63-33-21-27-55-53-25-19-29-59(77(3,4)5)71(53)85-73(55)63)51-37-35-47-41-57-65(43-49(47)39-51)83-75-67(57)69(79(9,10)11)76-68(70(75)80(12,13)14)58-42-48-36-38-52(40-50(48)44-66(58)84-76)82(62-32-18-16-24-46(62)2)64-34-22-28-56-54-26-20-30-60(78(6,7)8)72(54)86-74(56)64/h15-44H,1-14H3. The third-order valence-corrected chi connectivity index (χ3v) is 18.0. The molecular weight excluding hydrogens is 1050 g/mol. The third-order valence-electron chi connectivity index (χ3n) is 18.0. The van der Waals surface area contributed by atoms with Crippen molar-refractivity contribution < 1.29 is 17.7 Å². The zero-order valence-electron chi connectivity index (χ0n) is 51.8. The average Bonchev–Trinajstić information content (AvgIpc) is 1.54. The Morgan fingerprint density at radius 2 is 0.640 bits per heavy atom. The highest BCUT2D eigenvalue weighted by Crippen LogP contribution is 2.53. The van der Waals surface area contributed by atoms with Crippen molar-refractivity contribution in [3.8, 4) is 0 Å². The van der Waals surface area contributed by atoms with Crippen molar-refractivity contribution in [1.82, 2.24) is 0 Å². The van der Waals surface area contributed by atoms with E-state index in [9.17, 15) is 0 Å². The van der Waals surface area contributed by atoms with Crippen molar-refractivity contribution in [2.24, 2.45) is 0 Å². The second kappa shape index (κ2) is 18.6. The molecule has 0 radical (unpaired) electrons. The fourth-order valence-corrected chi connectivity index (χ4v) is 14.0. The van der Waals surface area contributed by atoms with E-state index in [1.807, 2.05) is 0 Å². The van der Waals surface area contributed by atoms with Gasteiger partial charge in [0.15, 0.2) is 11.2 Å². The topological polar surface area (TPSA) is 59.0 Å². The van der Waals surface area contributed by atoms with Gasteiger partial charge in [0, 0.05) is 88.1 Å². The van der Waals surface area contributed by atoms with E-state index in [0.29, 0.717) is 0 Å². The predicted octanol–water partition coefficient (Wildman–Crippen LogP) is 24.3. The van der Waals surface area contributed by atoms with Crippen LogP contribution < -0.4 is 9.80 Å². The second-order valence-corrected chi connectivity index (χ2v) is 28.2. The van der Waals surface area contributed by atoms with Crippen molar-refractivity contribution >= 4 is 143 Å². The number of benzene rings is 11. The molecule has 0 saturated carbocycles. The van der Waals surface area contributed by atoms with Crippen LogP contribution in [0.3, 0.4) is 0 Å². The zero-order chi connectivity index (χ0) is 59.7. The summed E-state index contributed by atoms with van der Waals surface area (Å²) in [4.78, 5) is 4.73. The van der Waals surface area contributed by atoms with Crippen LogP contribution in [0.4, 0.5) is 34.1 Å². The SMILES string of the molecule is Cc1ccccc1N(c1ccc2cc3c(cc2c1)oc1c(C(C)(C)C)c2c(oc4cc5cc(N(c6ccccc6C)c6cccc7c6oc6c(C(C)(C)C)cccc67)ccc5cc42)c(C(C)(C)C)c13)c1cccc2c1oc1c(C(C)(C)C)cccc12. The molecule has 0 fully saturated rings. The normalized spacial score (nSPS) is 13.0. The van der Waals surface area contributed by atoms with Crippen molar-refractivity contribution in [3.63, 3.8) is 0 Å². The first-order valence-corrected chi connectivity index (χ1v) is 30.4. The molecule has 0 spiro atoms. The summed E-state index contributed by atoms with van der Waals surface area (Å²) < 4.78 is 28.9. The Balaban J connectivity index is 0.914. The van der Waals surface area contributed by atoms with E-state index in [1.54, 1.807) is 0 Å². The number of nitrogens with zero attached hydrogens (tertiary/aromatic N) is 2. The first-order valence-electron chi connectivity index (χ1n) is 30.4. The van der Waals surface area contributed by atoms with Gasteiger partial charge < -0.3 is 27.5 Å². The zero-order valence-corrected chi connectivity index (χ0v) is 51.8. The minimum absolute atomic E-state index is 0.0953. The Morgan fingerprint density at radius 1 is 0.279 bits per heavy atom. The van der Waals surface area contributed by atoms with Crippen LogP contribution in [-0.2, 0) is 21.7 Å². The maximum atomic E-state index is 7.41. The molecule has 6 heteroatoms. The van der Waals surface area contributed by atoms with E-state index in [4.69, 9.17) is 17.7 Å². The molecule has 4 aromatic heterocycles. The molecule has 0 amide bonds. The third kappa shape index (κ3) is 8.19. The fourth-order valence-electron chi connectivity index (χ4n) is 14.0.